The van der Waals surface area contributed by atoms with Crippen molar-refractivity contribution in [2.24, 2.45) is 5.10 Å². The van der Waals surface area contributed by atoms with Gasteiger partial charge in [0, 0.05) is 0 Å². The van der Waals surface area contributed by atoms with Crippen molar-refractivity contribution in [3.8, 4) is 5.75 Å². The highest BCUT2D eigenvalue weighted by atomic mass is 32.2. The molecule has 0 aliphatic rings. The average Bonchev–Trinajstić information content (AvgIpc) is 2.74. The van der Waals surface area contributed by atoms with Crippen molar-refractivity contribution < 1.29 is 40.7 Å². The van der Waals surface area contributed by atoms with Crippen molar-refractivity contribution in [1.29, 1.82) is 0 Å². The fourth-order valence-corrected chi connectivity index (χ4v) is 3.59. The van der Waals surface area contributed by atoms with Gasteiger partial charge in [0.25, 0.3) is 5.91 Å². The maximum absolute atomic E-state index is 13.0. The molecular formula is C23H26F3N3O6S. The number of anilines is 1. The number of hydrogen-bond acceptors (Lipinski definition) is 7. The van der Waals surface area contributed by atoms with E-state index in [0.717, 1.165) is 24.5 Å². The molecule has 0 aromatic heterocycles. The van der Waals surface area contributed by atoms with Crippen LogP contribution in [0.25, 0.3) is 0 Å². The van der Waals surface area contributed by atoms with Crippen LogP contribution in [-0.2, 0) is 30.5 Å². The quantitative estimate of drug-likeness (QED) is 0.303. The molecule has 36 heavy (non-hydrogen) atoms. The zero-order chi connectivity index (χ0) is 27.1. The Morgan fingerprint density at radius 1 is 1.08 bits per heavy atom. The summed E-state index contributed by atoms with van der Waals surface area (Å²) in [6, 6.07) is 9.94. The van der Waals surface area contributed by atoms with Gasteiger partial charge in [-0.1, -0.05) is 6.07 Å². The molecule has 0 saturated heterocycles. The molecule has 0 heterocycles. The van der Waals surface area contributed by atoms with Gasteiger partial charge < -0.3 is 9.47 Å². The number of ether oxygens (including phenoxy) is 2. The number of alkyl halides is 3. The minimum Gasteiger partial charge on any atom is -0.482 e. The lowest BCUT2D eigenvalue weighted by atomic mass is 10.2. The molecule has 1 amide bonds. The summed E-state index contributed by atoms with van der Waals surface area (Å²) in [4.78, 5) is 23.9. The lowest BCUT2D eigenvalue weighted by Crippen LogP contribution is -2.39. The number of nitrogens with one attached hydrogen (secondary N) is 1. The Bertz CT molecular complexity index is 1210. The van der Waals surface area contributed by atoms with Crippen LogP contribution in [0.2, 0.25) is 0 Å². The van der Waals surface area contributed by atoms with Crippen LogP contribution >= 0.6 is 0 Å². The van der Waals surface area contributed by atoms with Crippen LogP contribution in [0, 0.1) is 0 Å². The second kappa shape index (κ2) is 11.4. The highest BCUT2D eigenvalue weighted by molar-refractivity contribution is 7.92. The van der Waals surface area contributed by atoms with Gasteiger partial charge in [-0.25, -0.2) is 18.6 Å². The summed E-state index contributed by atoms with van der Waals surface area (Å²) in [5, 5.41) is 3.73. The Morgan fingerprint density at radius 2 is 1.72 bits per heavy atom. The van der Waals surface area contributed by atoms with E-state index < -0.39 is 45.8 Å². The first-order chi connectivity index (χ1) is 16.5. The second-order valence-electron chi connectivity index (χ2n) is 8.56. The lowest BCUT2D eigenvalue weighted by molar-refractivity contribution is -0.157. The monoisotopic (exact) mass is 529 g/mol. The SMILES string of the molecule is CC(C)(C)OC(=O)COc1ccc(/C=N\NC(=O)CN(c2cccc(C(F)(F)F)c2)S(C)(=O)=O)cc1. The Morgan fingerprint density at radius 3 is 2.28 bits per heavy atom. The third-order valence-corrected chi connectivity index (χ3v) is 5.35. The van der Waals surface area contributed by atoms with Gasteiger partial charge in [0.2, 0.25) is 10.0 Å². The molecule has 0 saturated carbocycles. The zero-order valence-corrected chi connectivity index (χ0v) is 20.8. The molecule has 0 aliphatic heterocycles. The number of rotatable bonds is 9. The summed E-state index contributed by atoms with van der Waals surface area (Å²) >= 11 is 0. The smallest absolute Gasteiger partial charge is 0.416 e. The average molecular weight is 530 g/mol. The zero-order valence-electron chi connectivity index (χ0n) is 20.0. The number of amides is 1. The fraction of sp³-hybridized carbons (Fsp3) is 0.348. The number of halogens is 3. The number of hydrazone groups is 1. The molecule has 1 N–H and O–H groups in total. The predicted octanol–water partition coefficient (Wildman–Crippen LogP) is 3.34. The minimum absolute atomic E-state index is 0.274. The first-order valence-corrected chi connectivity index (χ1v) is 12.3. The molecule has 0 bridgehead atoms. The Labute approximate surface area is 206 Å². The van der Waals surface area contributed by atoms with E-state index in [-0.39, 0.29) is 12.3 Å². The van der Waals surface area contributed by atoms with Crippen LogP contribution < -0.4 is 14.5 Å². The number of nitrogens with zero attached hydrogens (tertiary/aromatic N) is 2. The molecular weight excluding hydrogens is 503 g/mol. The summed E-state index contributed by atoms with van der Waals surface area (Å²) in [5.41, 5.74) is 0.684. The van der Waals surface area contributed by atoms with E-state index >= 15 is 0 Å². The molecule has 0 unspecified atom stereocenters. The van der Waals surface area contributed by atoms with E-state index in [0.29, 0.717) is 21.7 Å². The summed E-state index contributed by atoms with van der Waals surface area (Å²) in [6.07, 6.45) is -2.64. The van der Waals surface area contributed by atoms with E-state index in [9.17, 15) is 31.2 Å². The lowest BCUT2D eigenvalue weighted by Gasteiger charge is -2.22. The van der Waals surface area contributed by atoms with E-state index in [2.05, 4.69) is 10.5 Å². The molecule has 0 spiro atoms. The van der Waals surface area contributed by atoms with Gasteiger partial charge >= 0.3 is 12.1 Å². The topological polar surface area (TPSA) is 114 Å². The Hall–Kier alpha value is -3.61. The largest absolute Gasteiger partial charge is 0.482 e. The van der Waals surface area contributed by atoms with Crippen LogP contribution in [-0.4, -0.2) is 51.5 Å². The van der Waals surface area contributed by atoms with E-state index in [1.165, 1.54) is 6.21 Å². The van der Waals surface area contributed by atoms with Gasteiger partial charge in [-0.3, -0.25) is 9.10 Å². The molecule has 0 atom stereocenters. The van der Waals surface area contributed by atoms with Crippen molar-refractivity contribution in [2.45, 2.75) is 32.5 Å². The standard InChI is InChI=1S/C23H26F3N3O6S/c1-22(2,3)35-21(31)15-34-19-10-8-16(9-11-19)13-27-28-20(30)14-29(36(4,32)33)18-7-5-6-17(12-18)23(24,25)26/h5-13H,14-15H2,1-4H3,(H,28,30)/b27-13-. The van der Waals surface area contributed by atoms with E-state index in [1.54, 1.807) is 45.0 Å². The summed E-state index contributed by atoms with van der Waals surface area (Å²) in [6.45, 7) is 4.16. The normalized spacial score (nSPS) is 12.3. The van der Waals surface area contributed by atoms with Crippen molar-refractivity contribution in [1.82, 2.24) is 5.43 Å². The van der Waals surface area contributed by atoms with Crippen molar-refractivity contribution in [3.05, 3.63) is 59.7 Å². The minimum atomic E-state index is -4.68. The number of sulfonamides is 1. The molecule has 2 aromatic rings. The number of esters is 1. The first kappa shape index (κ1) is 28.6. The molecule has 13 heteroatoms. The van der Waals surface area contributed by atoms with Crippen LogP contribution in [0.15, 0.2) is 53.6 Å². The number of carbonyl (C=O) groups excluding carboxylic acids is 2. The van der Waals surface area contributed by atoms with Gasteiger partial charge in [0.15, 0.2) is 6.61 Å². The maximum Gasteiger partial charge on any atom is 0.416 e. The molecule has 0 radical (unpaired) electrons. The van der Waals surface area contributed by atoms with Crippen LogP contribution in [0.4, 0.5) is 18.9 Å². The second-order valence-corrected chi connectivity index (χ2v) is 10.5. The van der Waals surface area contributed by atoms with Crippen molar-refractivity contribution in [2.75, 3.05) is 23.7 Å². The van der Waals surface area contributed by atoms with Crippen molar-refractivity contribution in [3.63, 3.8) is 0 Å². The van der Waals surface area contributed by atoms with E-state index in [1.807, 2.05) is 0 Å². The highest BCUT2D eigenvalue weighted by Crippen LogP contribution is 2.32. The molecule has 2 rings (SSSR count). The summed E-state index contributed by atoms with van der Waals surface area (Å²) < 4.78 is 74.2. The summed E-state index contributed by atoms with van der Waals surface area (Å²) in [5.74, 6) is -0.998. The number of hydrogen-bond donors (Lipinski definition) is 1. The third kappa shape index (κ3) is 9.56. The van der Waals surface area contributed by atoms with Gasteiger partial charge in [-0.15, -0.1) is 0 Å². The molecule has 196 valence electrons. The van der Waals surface area contributed by atoms with Crippen molar-refractivity contribution >= 4 is 33.8 Å². The first-order valence-electron chi connectivity index (χ1n) is 10.5. The molecule has 9 nitrogen and oxygen atoms in total. The maximum atomic E-state index is 13.0. The molecule has 0 fully saturated rings. The Balaban J connectivity index is 1.97. The van der Waals surface area contributed by atoms with Crippen LogP contribution in [0.1, 0.15) is 31.9 Å². The van der Waals surface area contributed by atoms with E-state index in [4.69, 9.17) is 9.47 Å². The highest BCUT2D eigenvalue weighted by Gasteiger charge is 2.32. The fourth-order valence-electron chi connectivity index (χ4n) is 2.75. The van der Waals surface area contributed by atoms with Gasteiger partial charge in [0.05, 0.1) is 23.7 Å². The number of carbonyl (C=O) groups is 2. The number of benzene rings is 2. The Kier molecular flexibility index (Phi) is 9.08. The molecule has 2 aromatic carbocycles. The predicted molar refractivity (Wildman–Crippen MR) is 127 cm³/mol. The van der Waals surface area contributed by atoms with Gasteiger partial charge in [-0.2, -0.15) is 18.3 Å². The third-order valence-electron chi connectivity index (χ3n) is 4.21. The van der Waals surface area contributed by atoms with Crippen LogP contribution in [0.3, 0.4) is 0 Å². The van der Waals surface area contributed by atoms with Crippen LogP contribution in [0.5, 0.6) is 5.75 Å². The summed E-state index contributed by atoms with van der Waals surface area (Å²) in [7, 11) is -4.07. The van der Waals surface area contributed by atoms with Gasteiger partial charge in [-0.05, 0) is 68.8 Å². The molecule has 0 aliphatic carbocycles. The van der Waals surface area contributed by atoms with Gasteiger partial charge in [0.1, 0.15) is 17.9 Å².